The molecule has 1 aromatic carbocycles. The third-order valence-corrected chi connectivity index (χ3v) is 4.21. The summed E-state index contributed by atoms with van der Waals surface area (Å²) in [6, 6.07) is 8.71. The van der Waals surface area contributed by atoms with E-state index >= 15 is 0 Å². The third kappa shape index (κ3) is 4.47. The molecule has 2 rings (SSSR count). The second-order valence-electron chi connectivity index (χ2n) is 4.69. The number of hydrogen-bond donors (Lipinski definition) is 1. The lowest BCUT2D eigenvalue weighted by molar-refractivity contribution is 0.479. The van der Waals surface area contributed by atoms with Gasteiger partial charge < -0.3 is 4.42 Å². The van der Waals surface area contributed by atoms with Crippen molar-refractivity contribution >= 4 is 10.0 Å². The Bertz CT molecular complexity index is 636. The van der Waals surface area contributed by atoms with Crippen molar-refractivity contribution in [3.05, 3.63) is 59.8 Å². The van der Waals surface area contributed by atoms with Crippen LogP contribution in [0.15, 0.2) is 47.1 Å². The summed E-state index contributed by atoms with van der Waals surface area (Å²) in [5, 5.41) is 0. The van der Waals surface area contributed by atoms with E-state index in [1.54, 1.807) is 25.3 Å². The second kappa shape index (κ2) is 6.19. The lowest BCUT2D eigenvalue weighted by atomic mass is 10.2. The minimum Gasteiger partial charge on any atom is -0.469 e. The first kappa shape index (κ1) is 14.7. The smallest absolute Gasteiger partial charge is 0.216 e. The minimum absolute atomic E-state index is 0.171. The fourth-order valence-corrected chi connectivity index (χ4v) is 3.33. The van der Waals surface area contributed by atoms with Crippen molar-refractivity contribution in [1.82, 2.24) is 4.72 Å². The van der Waals surface area contributed by atoms with E-state index in [0.29, 0.717) is 12.0 Å². The highest BCUT2D eigenvalue weighted by molar-refractivity contribution is 7.88. The van der Waals surface area contributed by atoms with Crippen molar-refractivity contribution in [2.24, 2.45) is 0 Å². The van der Waals surface area contributed by atoms with Crippen molar-refractivity contribution in [3.63, 3.8) is 0 Å². The zero-order chi connectivity index (χ0) is 14.6. The molecule has 0 saturated carbocycles. The van der Waals surface area contributed by atoms with E-state index in [1.807, 2.05) is 0 Å². The van der Waals surface area contributed by atoms with E-state index in [0.717, 1.165) is 5.76 Å². The molecule has 1 atom stereocenters. The Hall–Kier alpha value is -1.66. The molecule has 0 fully saturated rings. The van der Waals surface area contributed by atoms with E-state index in [-0.39, 0.29) is 17.6 Å². The van der Waals surface area contributed by atoms with Crippen molar-refractivity contribution in [3.8, 4) is 0 Å². The molecule has 0 saturated heterocycles. The largest absolute Gasteiger partial charge is 0.469 e. The van der Waals surface area contributed by atoms with Gasteiger partial charge in [-0.1, -0.05) is 12.1 Å². The van der Waals surface area contributed by atoms with Gasteiger partial charge in [0.05, 0.1) is 12.0 Å². The molecule has 0 amide bonds. The van der Waals surface area contributed by atoms with Gasteiger partial charge in [-0.15, -0.1) is 0 Å². The topological polar surface area (TPSA) is 59.3 Å². The molecule has 108 valence electrons. The number of furan rings is 1. The summed E-state index contributed by atoms with van der Waals surface area (Å²) < 4.78 is 44.5. The van der Waals surface area contributed by atoms with Crippen LogP contribution in [0.25, 0.3) is 0 Å². The Morgan fingerprint density at radius 3 is 2.55 bits per heavy atom. The van der Waals surface area contributed by atoms with Crippen LogP contribution in [0.5, 0.6) is 0 Å². The highest BCUT2D eigenvalue weighted by atomic mass is 32.2. The SMILES string of the molecule is CC(Cc1ccco1)NS(=O)(=O)Cc1ccc(F)cc1. The van der Waals surface area contributed by atoms with Crippen molar-refractivity contribution in [2.75, 3.05) is 0 Å². The maximum absolute atomic E-state index is 12.8. The summed E-state index contributed by atoms with van der Waals surface area (Å²) in [7, 11) is -3.46. The monoisotopic (exact) mass is 297 g/mol. The zero-order valence-corrected chi connectivity index (χ0v) is 11.9. The first-order chi connectivity index (χ1) is 9.44. The van der Waals surface area contributed by atoms with Crippen molar-refractivity contribution in [2.45, 2.75) is 25.1 Å². The molecule has 0 aliphatic carbocycles. The van der Waals surface area contributed by atoms with Crippen LogP contribution in [0, 0.1) is 5.82 Å². The number of benzene rings is 1. The first-order valence-electron chi connectivity index (χ1n) is 6.21. The molecule has 6 heteroatoms. The molecular formula is C14H16FNO3S. The van der Waals surface area contributed by atoms with Crippen LogP contribution in [0.4, 0.5) is 4.39 Å². The predicted octanol–water partition coefficient (Wildman–Crippen LogP) is 2.47. The quantitative estimate of drug-likeness (QED) is 0.891. The van der Waals surface area contributed by atoms with Gasteiger partial charge in [0.2, 0.25) is 10.0 Å². The molecule has 20 heavy (non-hydrogen) atoms. The molecule has 0 bridgehead atoms. The van der Waals surface area contributed by atoms with E-state index in [4.69, 9.17) is 4.42 Å². The molecule has 0 radical (unpaired) electrons. The highest BCUT2D eigenvalue weighted by Gasteiger charge is 2.16. The summed E-state index contributed by atoms with van der Waals surface area (Å²) in [6.45, 7) is 1.77. The Morgan fingerprint density at radius 2 is 1.95 bits per heavy atom. The van der Waals surface area contributed by atoms with E-state index in [1.165, 1.54) is 24.3 Å². The number of nitrogens with one attached hydrogen (secondary N) is 1. The molecule has 1 unspecified atom stereocenters. The predicted molar refractivity (Wildman–Crippen MR) is 74.0 cm³/mol. The van der Waals surface area contributed by atoms with Gasteiger partial charge in [0, 0.05) is 12.5 Å². The maximum atomic E-state index is 12.8. The van der Waals surface area contributed by atoms with Gasteiger partial charge in [0.25, 0.3) is 0 Å². The number of hydrogen-bond acceptors (Lipinski definition) is 3. The molecule has 0 aliphatic heterocycles. The van der Waals surface area contributed by atoms with Crippen LogP contribution in [0.1, 0.15) is 18.2 Å². The van der Waals surface area contributed by atoms with Gasteiger partial charge in [-0.05, 0) is 36.8 Å². The fourth-order valence-electron chi connectivity index (χ4n) is 1.92. The van der Waals surface area contributed by atoms with E-state index < -0.39 is 10.0 Å². The van der Waals surface area contributed by atoms with Crippen LogP contribution in [0.3, 0.4) is 0 Å². The molecular weight excluding hydrogens is 281 g/mol. The number of rotatable bonds is 6. The molecule has 0 spiro atoms. The highest BCUT2D eigenvalue weighted by Crippen LogP contribution is 2.09. The molecule has 2 aromatic rings. The third-order valence-electron chi connectivity index (χ3n) is 2.74. The van der Waals surface area contributed by atoms with E-state index in [2.05, 4.69) is 4.72 Å². The summed E-state index contributed by atoms with van der Waals surface area (Å²) in [5.41, 5.74) is 0.545. The Balaban J connectivity index is 1.94. The standard InChI is InChI=1S/C14H16FNO3S/c1-11(9-14-3-2-8-19-14)16-20(17,18)10-12-4-6-13(15)7-5-12/h2-8,11,16H,9-10H2,1H3. The van der Waals surface area contributed by atoms with Crippen LogP contribution in [-0.2, 0) is 22.2 Å². The first-order valence-corrected chi connectivity index (χ1v) is 7.87. The van der Waals surface area contributed by atoms with E-state index in [9.17, 15) is 12.8 Å². The summed E-state index contributed by atoms with van der Waals surface area (Å²) in [6.07, 6.45) is 2.03. The van der Waals surface area contributed by atoms with Gasteiger partial charge in [-0.25, -0.2) is 17.5 Å². The molecule has 1 aromatic heterocycles. The van der Waals surface area contributed by atoms with Crippen molar-refractivity contribution in [1.29, 1.82) is 0 Å². The normalized spacial score (nSPS) is 13.3. The van der Waals surface area contributed by atoms with Gasteiger partial charge in [0.1, 0.15) is 11.6 Å². The van der Waals surface area contributed by atoms with Crippen LogP contribution in [0.2, 0.25) is 0 Å². The summed E-state index contributed by atoms with van der Waals surface area (Å²) >= 11 is 0. The molecule has 1 N–H and O–H groups in total. The lowest BCUT2D eigenvalue weighted by Crippen LogP contribution is -2.34. The lowest BCUT2D eigenvalue weighted by Gasteiger charge is -2.13. The number of sulfonamides is 1. The molecule has 1 heterocycles. The second-order valence-corrected chi connectivity index (χ2v) is 6.44. The molecule has 0 aliphatic rings. The van der Waals surface area contributed by atoms with Gasteiger partial charge in [-0.3, -0.25) is 0 Å². The zero-order valence-electron chi connectivity index (χ0n) is 11.0. The average Bonchev–Trinajstić information content (AvgIpc) is 2.83. The average molecular weight is 297 g/mol. The Morgan fingerprint density at radius 1 is 1.25 bits per heavy atom. The van der Waals surface area contributed by atoms with Crippen LogP contribution in [-0.4, -0.2) is 14.5 Å². The van der Waals surface area contributed by atoms with Crippen LogP contribution < -0.4 is 4.72 Å². The number of halogens is 1. The molecule has 4 nitrogen and oxygen atoms in total. The summed E-state index contributed by atoms with van der Waals surface area (Å²) in [5.74, 6) is 0.169. The van der Waals surface area contributed by atoms with Crippen LogP contribution >= 0.6 is 0 Å². The van der Waals surface area contributed by atoms with Gasteiger partial charge in [0.15, 0.2) is 0 Å². The van der Waals surface area contributed by atoms with Gasteiger partial charge in [-0.2, -0.15) is 0 Å². The minimum atomic E-state index is -3.46. The Labute approximate surface area is 117 Å². The maximum Gasteiger partial charge on any atom is 0.216 e. The van der Waals surface area contributed by atoms with Gasteiger partial charge >= 0.3 is 0 Å². The van der Waals surface area contributed by atoms with Crippen molar-refractivity contribution < 1.29 is 17.2 Å². The fraction of sp³-hybridized carbons (Fsp3) is 0.286. The Kier molecular flexibility index (Phi) is 4.57. The summed E-state index contributed by atoms with van der Waals surface area (Å²) in [4.78, 5) is 0.